The number of primary amides is 1. The maximum atomic E-state index is 11.9. The van der Waals surface area contributed by atoms with Crippen molar-refractivity contribution in [1.82, 2.24) is 0 Å². The summed E-state index contributed by atoms with van der Waals surface area (Å²) in [5, 5.41) is 0. The highest BCUT2D eigenvalue weighted by Crippen LogP contribution is 2.58. The number of aliphatic hydroxyl groups is 1. The van der Waals surface area contributed by atoms with Crippen LogP contribution < -0.4 is 10.5 Å². The van der Waals surface area contributed by atoms with Crippen LogP contribution in [0, 0.1) is 5.92 Å². The van der Waals surface area contributed by atoms with Crippen molar-refractivity contribution in [2.75, 3.05) is 7.11 Å². The number of allylic oxidation sites excluding steroid dienone is 1. The van der Waals surface area contributed by atoms with Crippen molar-refractivity contribution in [1.29, 1.82) is 0 Å². The molecule has 6 heteroatoms. The van der Waals surface area contributed by atoms with Crippen molar-refractivity contribution < 1.29 is 19.1 Å². The molecule has 1 aliphatic heterocycles. The van der Waals surface area contributed by atoms with E-state index in [4.69, 9.17) is 15.2 Å². The number of amides is 1. The summed E-state index contributed by atoms with van der Waals surface area (Å²) in [6.07, 6.45) is 5.99. The number of ketones is 1. The van der Waals surface area contributed by atoms with Gasteiger partial charge in [-0.1, -0.05) is 22.0 Å². The molecular formula is C18H19BrNO4+. The fourth-order valence-electron chi connectivity index (χ4n) is 4.38. The van der Waals surface area contributed by atoms with E-state index in [1.165, 1.54) is 0 Å². The van der Waals surface area contributed by atoms with Crippen molar-refractivity contribution in [3.63, 3.8) is 0 Å². The van der Waals surface area contributed by atoms with Gasteiger partial charge in [0.1, 0.15) is 5.41 Å². The molecule has 3 aliphatic rings. The number of ether oxygens (including phenoxy) is 2. The zero-order valence-corrected chi connectivity index (χ0v) is 14.9. The summed E-state index contributed by atoms with van der Waals surface area (Å²) in [6, 6.07) is 1.90. The first-order valence-electron chi connectivity index (χ1n) is 8.08. The Balaban J connectivity index is 1.98. The van der Waals surface area contributed by atoms with E-state index in [-0.39, 0.29) is 29.1 Å². The predicted molar refractivity (Wildman–Crippen MR) is 92.2 cm³/mol. The molecule has 0 aromatic heterocycles. The summed E-state index contributed by atoms with van der Waals surface area (Å²) in [5.74, 6) is 1.15. The Morgan fingerprint density at radius 2 is 2.25 bits per heavy atom. The first-order chi connectivity index (χ1) is 11.5. The highest BCUT2D eigenvalue weighted by atomic mass is 79.9. The third-order valence-corrected chi connectivity index (χ3v) is 6.31. The molecule has 0 radical (unpaired) electrons. The van der Waals surface area contributed by atoms with Crippen LogP contribution in [0.4, 0.5) is 0 Å². The lowest BCUT2D eigenvalue weighted by atomic mass is 9.69. The Labute approximate surface area is 148 Å². The second-order valence-electron chi connectivity index (χ2n) is 6.79. The van der Waals surface area contributed by atoms with Crippen LogP contribution in [0.5, 0.6) is 11.5 Å². The van der Waals surface area contributed by atoms with E-state index >= 15 is 0 Å². The fraction of sp³-hybridized carbons (Fsp3) is 0.444. The number of carbonyl (C=O) groups excluding carboxylic acids is 2. The second-order valence-corrected chi connectivity index (χ2v) is 7.65. The van der Waals surface area contributed by atoms with E-state index < -0.39 is 0 Å². The Kier molecular flexibility index (Phi) is 3.49. The van der Waals surface area contributed by atoms with Crippen LogP contribution in [0.3, 0.4) is 0 Å². The quantitative estimate of drug-likeness (QED) is 0.783. The first kappa shape index (κ1) is 15.7. The molecular weight excluding hydrogens is 374 g/mol. The highest BCUT2D eigenvalue weighted by Gasteiger charge is 2.58. The third kappa shape index (κ3) is 2.05. The molecule has 126 valence electrons. The van der Waals surface area contributed by atoms with Gasteiger partial charge in [-0.3, -0.25) is 9.59 Å². The zero-order valence-electron chi connectivity index (χ0n) is 13.3. The number of methoxy groups -OCH3 is 1. The van der Waals surface area contributed by atoms with E-state index in [1.807, 2.05) is 12.1 Å². The average Bonchev–Trinajstić information content (AvgIpc) is 2.76. The first-order valence-corrected chi connectivity index (χ1v) is 8.87. The van der Waals surface area contributed by atoms with Crippen LogP contribution in [0.2, 0.25) is 0 Å². The molecule has 1 heterocycles. The Hall–Kier alpha value is -1.82. The molecule has 3 N–H and O–H groups in total. The van der Waals surface area contributed by atoms with Gasteiger partial charge in [-0.15, -0.1) is 0 Å². The number of carbonyl (C=O) groups is 2. The maximum Gasteiger partial charge on any atom is 0.302 e. The number of rotatable bonds is 2. The molecule has 0 saturated carbocycles. The molecule has 0 bridgehead atoms. The summed E-state index contributed by atoms with van der Waals surface area (Å²) >= 11 is 3.63. The molecule has 3 atom stereocenters. The largest absolute Gasteiger partial charge is 0.577 e. The Morgan fingerprint density at radius 3 is 2.96 bits per heavy atom. The van der Waals surface area contributed by atoms with Gasteiger partial charge < -0.3 is 15.2 Å². The summed E-state index contributed by atoms with van der Waals surface area (Å²) in [6.45, 7) is 0. The van der Waals surface area contributed by atoms with Crippen LogP contribution in [-0.2, 0) is 21.4 Å². The average molecular weight is 393 g/mol. The van der Waals surface area contributed by atoms with E-state index in [0.717, 1.165) is 27.8 Å². The number of hydrogen-bond acceptors (Lipinski definition) is 3. The number of halogens is 1. The summed E-state index contributed by atoms with van der Waals surface area (Å²) in [7, 11) is 1.62. The summed E-state index contributed by atoms with van der Waals surface area (Å²) < 4.78 is 11.3. The Bertz CT molecular complexity index is 788. The number of aromatic hydroxyl groups is 1. The molecule has 0 saturated heterocycles. The number of hydrogen-bond donors (Lipinski definition) is 1. The minimum Gasteiger partial charge on any atom is -0.577 e. The topological polar surface area (TPSA) is 82.2 Å². The van der Waals surface area contributed by atoms with E-state index in [1.54, 1.807) is 13.2 Å². The fourth-order valence-corrected chi connectivity index (χ4v) is 4.95. The van der Waals surface area contributed by atoms with Gasteiger partial charge in [-0.05, 0) is 30.9 Å². The molecule has 2 aliphatic carbocycles. The summed E-state index contributed by atoms with van der Waals surface area (Å²) in [5.41, 5.74) is 7.45. The predicted octanol–water partition coefficient (Wildman–Crippen LogP) is 2.29. The molecule has 0 fully saturated rings. The van der Waals surface area contributed by atoms with Gasteiger partial charge in [0, 0.05) is 16.5 Å². The standard InChI is InChI=1S/C18H18BrNO4/c1-23-13-8-12(19)11-6-9(17(20)22)2-4-18-5-3-10(21)7-14(18)24-16(13)15(11)18/h3,5,8-9,14H,2,4,6-7H2,1H3,(H2,20,22)/p+1. The van der Waals surface area contributed by atoms with Crippen LogP contribution >= 0.6 is 15.9 Å². The lowest BCUT2D eigenvalue weighted by molar-refractivity contribution is -0.124. The van der Waals surface area contributed by atoms with E-state index in [9.17, 15) is 9.59 Å². The van der Waals surface area contributed by atoms with Crippen molar-refractivity contribution in [2.24, 2.45) is 11.7 Å². The van der Waals surface area contributed by atoms with Crippen LogP contribution in [0.25, 0.3) is 0 Å². The molecule has 24 heavy (non-hydrogen) atoms. The lowest BCUT2D eigenvalue weighted by Crippen LogP contribution is -2.40. The van der Waals surface area contributed by atoms with Gasteiger partial charge in [0.05, 0.1) is 19.1 Å². The molecule has 5 nitrogen and oxygen atoms in total. The van der Waals surface area contributed by atoms with E-state index in [2.05, 4.69) is 15.9 Å². The zero-order chi connectivity index (χ0) is 17.1. The molecule has 1 amide bonds. The number of benzene rings is 1. The van der Waals surface area contributed by atoms with Crippen molar-refractivity contribution in [3.05, 3.63) is 33.8 Å². The van der Waals surface area contributed by atoms with Gasteiger partial charge in [0.2, 0.25) is 17.8 Å². The minimum absolute atomic E-state index is 0.0949. The molecule has 1 aromatic carbocycles. The second kappa shape index (κ2) is 5.34. The SMILES string of the molecule is COc1cc(Br)c2c3c1[OH+]C1CC(=O)C=CC31CCC(C(N)=O)C2. The van der Waals surface area contributed by atoms with E-state index in [0.29, 0.717) is 25.0 Å². The van der Waals surface area contributed by atoms with Crippen molar-refractivity contribution in [3.8, 4) is 11.5 Å². The highest BCUT2D eigenvalue weighted by molar-refractivity contribution is 9.10. The van der Waals surface area contributed by atoms with Gasteiger partial charge >= 0.3 is 5.75 Å². The van der Waals surface area contributed by atoms with Crippen LogP contribution in [-0.4, -0.2) is 29.6 Å². The van der Waals surface area contributed by atoms with Gasteiger partial charge in [-0.25, -0.2) is 0 Å². The molecule has 1 aromatic rings. The molecule has 4 rings (SSSR count). The number of nitrogens with two attached hydrogens (primary N) is 1. The van der Waals surface area contributed by atoms with Crippen molar-refractivity contribution >= 4 is 27.6 Å². The maximum absolute atomic E-state index is 11.9. The summed E-state index contributed by atoms with van der Waals surface area (Å²) in [4.78, 5) is 23.8. The van der Waals surface area contributed by atoms with Gasteiger partial charge in [0.15, 0.2) is 5.78 Å². The van der Waals surface area contributed by atoms with Gasteiger partial charge in [0.25, 0.3) is 0 Å². The Morgan fingerprint density at radius 1 is 1.46 bits per heavy atom. The third-order valence-electron chi connectivity index (χ3n) is 5.60. The van der Waals surface area contributed by atoms with Gasteiger partial charge in [-0.2, -0.15) is 0 Å². The smallest absolute Gasteiger partial charge is 0.302 e. The molecule has 3 unspecified atom stereocenters. The van der Waals surface area contributed by atoms with Crippen molar-refractivity contribution in [2.45, 2.75) is 37.2 Å². The van der Waals surface area contributed by atoms with Crippen LogP contribution in [0.15, 0.2) is 22.7 Å². The monoisotopic (exact) mass is 392 g/mol. The lowest BCUT2D eigenvalue weighted by Gasteiger charge is -2.30. The normalized spacial score (nSPS) is 30.2. The van der Waals surface area contributed by atoms with Crippen LogP contribution in [0.1, 0.15) is 30.4 Å². The minimum atomic E-state index is -0.333. The molecule has 1 spiro atoms.